The van der Waals surface area contributed by atoms with E-state index in [4.69, 9.17) is 9.47 Å². The predicted octanol–water partition coefficient (Wildman–Crippen LogP) is 2.95. The summed E-state index contributed by atoms with van der Waals surface area (Å²) < 4.78 is 10.2. The van der Waals surface area contributed by atoms with Crippen molar-refractivity contribution >= 4 is 29.7 Å². The summed E-state index contributed by atoms with van der Waals surface area (Å²) in [5.74, 6) is 1.74. The number of phenols is 1. The monoisotopic (exact) mass is 413 g/mol. The first-order chi connectivity index (χ1) is 14.1. The van der Waals surface area contributed by atoms with Crippen LogP contribution in [0.1, 0.15) is 15.9 Å². The van der Waals surface area contributed by atoms with Crippen molar-refractivity contribution in [2.75, 3.05) is 25.4 Å². The van der Waals surface area contributed by atoms with Gasteiger partial charge in [0.05, 0.1) is 26.2 Å². The maximum absolute atomic E-state index is 12.3. The van der Waals surface area contributed by atoms with Gasteiger partial charge in [-0.2, -0.15) is 10.1 Å². The van der Waals surface area contributed by atoms with Crippen LogP contribution in [0.25, 0.3) is 0 Å². The number of benzene rings is 2. The third-order valence-electron chi connectivity index (χ3n) is 3.80. The lowest BCUT2D eigenvalue weighted by Gasteiger charge is -2.03. The number of carbonyl (C=O) groups is 1. The van der Waals surface area contributed by atoms with Gasteiger partial charge in [0.15, 0.2) is 5.78 Å². The van der Waals surface area contributed by atoms with E-state index in [1.807, 2.05) is 0 Å². The molecule has 0 spiro atoms. The Hall–Kier alpha value is -3.53. The van der Waals surface area contributed by atoms with Crippen LogP contribution in [0.15, 0.2) is 52.7 Å². The van der Waals surface area contributed by atoms with Crippen molar-refractivity contribution in [3.8, 4) is 17.2 Å². The van der Waals surface area contributed by atoms with Gasteiger partial charge >= 0.3 is 0 Å². The van der Waals surface area contributed by atoms with Crippen LogP contribution in [0, 0.1) is 0 Å². The largest absolute Gasteiger partial charge is 0.507 e. The minimum atomic E-state index is -0.0558. The molecule has 0 unspecified atom stereocenters. The van der Waals surface area contributed by atoms with E-state index < -0.39 is 0 Å². The molecule has 10 heteroatoms. The third-order valence-corrected chi connectivity index (χ3v) is 4.65. The van der Waals surface area contributed by atoms with Crippen LogP contribution < -0.4 is 14.9 Å². The minimum absolute atomic E-state index is 0.0558. The van der Waals surface area contributed by atoms with Crippen molar-refractivity contribution in [1.82, 2.24) is 15.2 Å². The maximum Gasteiger partial charge on any atom is 0.240 e. The number of ether oxygens (including phenoxy) is 2. The SMILES string of the molecule is COc1cccc(C(=O)CSc2n[nH]c(N/N=C/c3cc(OC)ccc3O)n2)c1. The zero-order valence-electron chi connectivity index (χ0n) is 15.7. The average Bonchev–Trinajstić information content (AvgIpc) is 3.21. The summed E-state index contributed by atoms with van der Waals surface area (Å²) in [7, 11) is 3.09. The number of phenolic OH excluding ortho intramolecular Hbond substituents is 1. The molecule has 3 rings (SSSR count). The Kier molecular flexibility index (Phi) is 6.69. The smallest absolute Gasteiger partial charge is 0.240 e. The molecule has 3 N–H and O–H groups in total. The Morgan fingerprint density at radius 1 is 1.24 bits per heavy atom. The zero-order valence-corrected chi connectivity index (χ0v) is 16.6. The fourth-order valence-corrected chi connectivity index (χ4v) is 2.99. The van der Waals surface area contributed by atoms with Crippen LogP contribution in [-0.4, -0.2) is 52.3 Å². The molecule has 1 aromatic heterocycles. The van der Waals surface area contributed by atoms with Gasteiger partial charge in [-0.15, -0.1) is 5.10 Å². The lowest BCUT2D eigenvalue weighted by Crippen LogP contribution is -2.02. The quantitative estimate of drug-likeness (QED) is 0.212. The molecule has 29 heavy (non-hydrogen) atoms. The first-order valence-corrected chi connectivity index (χ1v) is 9.46. The highest BCUT2D eigenvalue weighted by Crippen LogP contribution is 2.21. The molecule has 0 aliphatic carbocycles. The lowest BCUT2D eigenvalue weighted by atomic mass is 10.1. The van der Waals surface area contributed by atoms with Crippen LogP contribution in [0.2, 0.25) is 0 Å². The number of thioether (sulfide) groups is 1. The highest BCUT2D eigenvalue weighted by atomic mass is 32.2. The molecule has 0 amide bonds. The number of H-pyrrole nitrogens is 1. The fraction of sp³-hybridized carbons (Fsp3) is 0.158. The number of hydrogen-bond acceptors (Lipinski definition) is 9. The minimum Gasteiger partial charge on any atom is -0.507 e. The van der Waals surface area contributed by atoms with Crippen LogP contribution in [0.5, 0.6) is 17.2 Å². The Morgan fingerprint density at radius 2 is 2.03 bits per heavy atom. The van der Waals surface area contributed by atoms with Gasteiger partial charge < -0.3 is 14.6 Å². The van der Waals surface area contributed by atoms with Crippen molar-refractivity contribution < 1.29 is 19.4 Å². The normalized spacial score (nSPS) is 10.8. The van der Waals surface area contributed by atoms with E-state index >= 15 is 0 Å². The molecule has 0 atom stereocenters. The topological polar surface area (TPSA) is 122 Å². The number of methoxy groups -OCH3 is 2. The average molecular weight is 413 g/mol. The standard InChI is InChI=1S/C19H19N5O4S/c1-27-14-5-3-4-12(8-14)17(26)11-29-19-21-18(23-24-19)22-20-10-13-9-15(28-2)6-7-16(13)25/h3-10,25H,11H2,1-2H3,(H2,21,22,23,24)/b20-10+. The number of carbonyl (C=O) groups excluding carboxylic acids is 1. The molecule has 0 radical (unpaired) electrons. The van der Waals surface area contributed by atoms with Crippen molar-refractivity contribution in [2.24, 2.45) is 5.10 Å². The first kappa shape index (κ1) is 20.2. The van der Waals surface area contributed by atoms with Crippen molar-refractivity contribution in [2.45, 2.75) is 5.16 Å². The number of hydrogen-bond donors (Lipinski definition) is 3. The number of aromatic nitrogens is 3. The summed E-state index contributed by atoms with van der Waals surface area (Å²) in [5, 5.41) is 21.0. The second kappa shape index (κ2) is 9.60. The van der Waals surface area contributed by atoms with Crippen LogP contribution in [-0.2, 0) is 0 Å². The lowest BCUT2D eigenvalue weighted by molar-refractivity contribution is 0.102. The highest BCUT2D eigenvalue weighted by molar-refractivity contribution is 7.99. The van der Waals surface area contributed by atoms with Crippen LogP contribution in [0.3, 0.4) is 0 Å². The van der Waals surface area contributed by atoms with Gasteiger partial charge in [-0.3, -0.25) is 4.79 Å². The first-order valence-electron chi connectivity index (χ1n) is 8.47. The van der Waals surface area contributed by atoms with E-state index in [2.05, 4.69) is 25.7 Å². The van der Waals surface area contributed by atoms with Crippen molar-refractivity contribution in [1.29, 1.82) is 0 Å². The molecule has 2 aromatic carbocycles. The van der Waals surface area contributed by atoms with E-state index in [0.717, 1.165) is 0 Å². The Labute approximate surface area is 171 Å². The second-order valence-electron chi connectivity index (χ2n) is 5.71. The van der Waals surface area contributed by atoms with Gasteiger partial charge in [0.25, 0.3) is 0 Å². The number of nitrogens with zero attached hydrogens (tertiary/aromatic N) is 3. The molecule has 3 aromatic rings. The number of anilines is 1. The van der Waals surface area contributed by atoms with E-state index in [0.29, 0.717) is 33.7 Å². The van der Waals surface area contributed by atoms with Gasteiger partial charge in [-0.05, 0) is 30.3 Å². The molecule has 0 saturated heterocycles. The van der Waals surface area contributed by atoms with Gasteiger partial charge in [0.1, 0.15) is 17.2 Å². The zero-order chi connectivity index (χ0) is 20.6. The molecule has 0 bridgehead atoms. The molecule has 0 aliphatic rings. The maximum atomic E-state index is 12.3. The van der Waals surface area contributed by atoms with Crippen LogP contribution in [0.4, 0.5) is 5.95 Å². The number of hydrazone groups is 1. The molecule has 150 valence electrons. The number of Topliss-reactive ketones (excluding diaryl/α,β-unsaturated/α-hetero) is 1. The number of aromatic amines is 1. The number of rotatable bonds is 9. The summed E-state index contributed by atoms with van der Waals surface area (Å²) in [5.41, 5.74) is 3.73. The predicted molar refractivity (Wildman–Crippen MR) is 110 cm³/mol. The van der Waals surface area contributed by atoms with Crippen molar-refractivity contribution in [3.63, 3.8) is 0 Å². The van der Waals surface area contributed by atoms with Gasteiger partial charge in [0.2, 0.25) is 11.1 Å². The van der Waals surface area contributed by atoms with Crippen molar-refractivity contribution in [3.05, 3.63) is 53.6 Å². The Bertz CT molecular complexity index is 1020. The molecular formula is C19H19N5O4S. The fourth-order valence-electron chi connectivity index (χ4n) is 2.30. The van der Waals surface area contributed by atoms with Gasteiger partial charge in [-0.1, -0.05) is 23.9 Å². The number of ketones is 1. The number of nitrogens with one attached hydrogen (secondary N) is 2. The van der Waals surface area contributed by atoms with E-state index in [-0.39, 0.29) is 17.3 Å². The molecule has 1 heterocycles. The van der Waals surface area contributed by atoms with Gasteiger partial charge in [-0.25, -0.2) is 10.5 Å². The number of aromatic hydroxyl groups is 1. The summed E-state index contributed by atoms with van der Waals surface area (Å²) in [4.78, 5) is 16.5. The summed E-state index contributed by atoms with van der Waals surface area (Å²) in [6, 6.07) is 11.8. The van der Waals surface area contributed by atoms with Crippen LogP contribution >= 0.6 is 11.8 Å². The molecular weight excluding hydrogens is 394 g/mol. The van der Waals surface area contributed by atoms with E-state index in [1.165, 1.54) is 31.2 Å². The molecule has 0 fully saturated rings. The summed E-state index contributed by atoms with van der Waals surface area (Å²) in [6.45, 7) is 0. The van der Waals surface area contributed by atoms with E-state index in [9.17, 15) is 9.90 Å². The Balaban J connectivity index is 1.55. The van der Waals surface area contributed by atoms with E-state index in [1.54, 1.807) is 43.5 Å². The molecule has 0 aliphatic heterocycles. The second-order valence-corrected chi connectivity index (χ2v) is 6.65. The third kappa shape index (κ3) is 5.48. The summed E-state index contributed by atoms with van der Waals surface area (Å²) >= 11 is 1.20. The van der Waals surface area contributed by atoms with Gasteiger partial charge in [0, 0.05) is 11.1 Å². The highest BCUT2D eigenvalue weighted by Gasteiger charge is 2.10. The summed E-state index contributed by atoms with van der Waals surface area (Å²) in [6.07, 6.45) is 1.43. The molecule has 0 saturated carbocycles. The Morgan fingerprint density at radius 3 is 2.83 bits per heavy atom. The molecule has 9 nitrogen and oxygen atoms in total.